The molecule has 0 unspecified atom stereocenters. The number of hydrogen-bond acceptors (Lipinski definition) is 4. The van der Waals surface area contributed by atoms with Gasteiger partial charge in [-0.15, -0.1) is 0 Å². The van der Waals surface area contributed by atoms with Crippen molar-refractivity contribution in [2.75, 3.05) is 13.7 Å². The first-order valence-electron chi connectivity index (χ1n) is 7.94. The van der Waals surface area contributed by atoms with Gasteiger partial charge in [0.25, 0.3) is 0 Å². The minimum absolute atomic E-state index is 0.0198. The Morgan fingerprint density at radius 1 is 1.35 bits per heavy atom. The maximum absolute atomic E-state index is 12.0. The van der Waals surface area contributed by atoms with Crippen molar-refractivity contribution in [3.63, 3.8) is 0 Å². The lowest BCUT2D eigenvalue weighted by Crippen LogP contribution is -2.43. The summed E-state index contributed by atoms with van der Waals surface area (Å²) >= 11 is 0. The van der Waals surface area contributed by atoms with E-state index in [9.17, 15) is 9.59 Å². The molecule has 0 saturated heterocycles. The third-order valence-corrected chi connectivity index (χ3v) is 4.71. The number of methoxy groups -OCH3 is 1. The van der Waals surface area contributed by atoms with Crippen LogP contribution in [-0.2, 0) is 25.7 Å². The van der Waals surface area contributed by atoms with E-state index in [2.05, 4.69) is 0 Å². The molecular weight excluding hydrogens is 292 g/mol. The first kappa shape index (κ1) is 17.4. The maximum atomic E-state index is 12.0. The summed E-state index contributed by atoms with van der Waals surface area (Å²) in [6, 6.07) is 9.96. The topological polar surface area (TPSA) is 52.6 Å². The Labute approximate surface area is 137 Å². The molecule has 124 valence electrons. The van der Waals surface area contributed by atoms with Crippen LogP contribution in [0.3, 0.4) is 0 Å². The highest BCUT2D eigenvalue weighted by Gasteiger charge is 2.45. The summed E-state index contributed by atoms with van der Waals surface area (Å²) < 4.78 is 10.6. The van der Waals surface area contributed by atoms with Crippen LogP contribution in [0, 0.1) is 17.3 Å². The average molecular weight is 316 g/mol. The van der Waals surface area contributed by atoms with Gasteiger partial charge in [-0.1, -0.05) is 49.4 Å². The van der Waals surface area contributed by atoms with Gasteiger partial charge in [0.1, 0.15) is 6.29 Å². The molecule has 0 fully saturated rings. The summed E-state index contributed by atoms with van der Waals surface area (Å²) in [5.74, 6) is -0.762. The number of ether oxygens (including phenoxy) is 2. The van der Waals surface area contributed by atoms with Crippen LogP contribution >= 0.6 is 0 Å². The van der Waals surface area contributed by atoms with E-state index >= 15 is 0 Å². The number of aldehydes is 1. The van der Waals surface area contributed by atoms with E-state index in [-0.39, 0.29) is 11.9 Å². The SMILES string of the molecule is COC(=O)[C@H]1CC=C[C@@H](CCOCc2ccccc2)[C@]1(C)C=O. The maximum Gasteiger partial charge on any atom is 0.309 e. The van der Waals surface area contributed by atoms with Crippen molar-refractivity contribution in [2.24, 2.45) is 17.3 Å². The Kier molecular flexibility index (Phi) is 6.11. The average Bonchev–Trinajstić information content (AvgIpc) is 2.60. The number of esters is 1. The summed E-state index contributed by atoms with van der Waals surface area (Å²) in [5, 5.41) is 0. The van der Waals surface area contributed by atoms with Crippen LogP contribution < -0.4 is 0 Å². The van der Waals surface area contributed by atoms with Crippen molar-refractivity contribution in [3.05, 3.63) is 48.0 Å². The van der Waals surface area contributed by atoms with Crippen LogP contribution in [0.4, 0.5) is 0 Å². The molecule has 1 aliphatic carbocycles. The number of allylic oxidation sites excluding steroid dienone is 2. The normalized spacial score (nSPS) is 26.7. The number of carbonyl (C=O) groups is 2. The van der Waals surface area contributed by atoms with Gasteiger partial charge in [0.2, 0.25) is 0 Å². The van der Waals surface area contributed by atoms with Crippen LogP contribution in [0.5, 0.6) is 0 Å². The Hall–Kier alpha value is -1.94. The van der Waals surface area contributed by atoms with Gasteiger partial charge in [-0.25, -0.2) is 0 Å². The third-order valence-electron chi connectivity index (χ3n) is 4.71. The second-order valence-electron chi connectivity index (χ2n) is 6.16. The molecule has 23 heavy (non-hydrogen) atoms. The van der Waals surface area contributed by atoms with Crippen LogP contribution in [0.2, 0.25) is 0 Å². The van der Waals surface area contributed by atoms with Crippen LogP contribution in [-0.4, -0.2) is 26.0 Å². The first-order chi connectivity index (χ1) is 11.1. The zero-order chi connectivity index (χ0) is 16.7. The van der Waals surface area contributed by atoms with Crippen molar-refractivity contribution in [1.29, 1.82) is 0 Å². The number of benzene rings is 1. The van der Waals surface area contributed by atoms with Crippen molar-refractivity contribution < 1.29 is 19.1 Å². The minimum atomic E-state index is -0.738. The summed E-state index contributed by atoms with van der Waals surface area (Å²) in [7, 11) is 1.36. The van der Waals surface area contributed by atoms with Crippen molar-refractivity contribution >= 4 is 12.3 Å². The van der Waals surface area contributed by atoms with E-state index in [1.807, 2.05) is 49.4 Å². The quantitative estimate of drug-likeness (QED) is 0.335. The van der Waals surface area contributed by atoms with Crippen LogP contribution in [0.15, 0.2) is 42.5 Å². The highest BCUT2D eigenvalue weighted by Crippen LogP contribution is 2.42. The van der Waals surface area contributed by atoms with E-state index in [0.717, 1.165) is 11.8 Å². The monoisotopic (exact) mass is 316 g/mol. The molecule has 3 atom stereocenters. The van der Waals surface area contributed by atoms with E-state index < -0.39 is 11.3 Å². The van der Waals surface area contributed by atoms with E-state index in [1.165, 1.54) is 7.11 Å². The Morgan fingerprint density at radius 3 is 2.74 bits per heavy atom. The highest BCUT2D eigenvalue weighted by molar-refractivity contribution is 5.79. The van der Waals surface area contributed by atoms with E-state index in [4.69, 9.17) is 9.47 Å². The molecule has 0 aliphatic heterocycles. The van der Waals surface area contributed by atoms with Crippen molar-refractivity contribution in [1.82, 2.24) is 0 Å². The lowest BCUT2D eigenvalue weighted by atomic mass is 9.64. The molecule has 0 saturated carbocycles. The van der Waals surface area contributed by atoms with Crippen LogP contribution in [0.1, 0.15) is 25.3 Å². The van der Waals surface area contributed by atoms with E-state index in [1.54, 1.807) is 0 Å². The standard InChI is InChI=1S/C19H24O4/c1-19(14-20)16(9-6-10-17(19)18(21)22-2)11-12-23-13-15-7-4-3-5-8-15/h3-9,14,16-17H,10-13H2,1-2H3/t16-,17+,19-/m0/s1. The fourth-order valence-electron chi connectivity index (χ4n) is 3.14. The molecule has 4 heteroatoms. The van der Waals surface area contributed by atoms with Crippen molar-refractivity contribution in [2.45, 2.75) is 26.4 Å². The molecule has 0 heterocycles. The minimum Gasteiger partial charge on any atom is -0.469 e. The predicted octanol–water partition coefficient (Wildman–Crippen LogP) is 3.16. The zero-order valence-corrected chi connectivity index (χ0v) is 13.7. The molecule has 0 amide bonds. The van der Waals surface area contributed by atoms with Gasteiger partial charge in [-0.05, 0) is 24.3 Å². The van der Waals surface area contributed by atoms with Gasteiger partial charge in [0.15, 0.2) is 0 Å². The highest BCUT2D eigenvalue weighted by atomic mass is 16.5. The van der Waals surface area contributed by atoms with Gasteiger partial charge in [-0.2, -0.15) is 0 Å². The van der Waals surface area contributed by atoms with Gasteiger partial charge >= 0.3 is 5.97 Å². The van der Waals surface area contributed by atoms with Gasteiger partial charge < -0.3 is 14.3 Å². The number of hydrogen-bond donors (Lipinski definition) is 0. The molecule has 0 radical (unpaired) electrons. The van der Waals surface area contributed by atoms with Crippen molar-refractivity contribution in [3.8, 4) is 0 Å². The fourth-order valence-corrected chi connectivity index (χ4v) is 3.14. The Balaban J connectivity index is 1.92. The smallest absolute Gasteiger partial charge is 0.309 e. The van der Waals surface area contributed by atoms with E-state index in [0.29, 0.717) is 26.1 Å². The lowest BCUT2D eigenvalue weighted by Gasteiger charge is -2.39. The molecular formula is C19H24O4. The second kappa shape index (κ2) is 8.06. The first-order valence-corrected chi connectivity index (χ1v) is 7.94. The zero-order valence-electron chi connectivity index (χ0n) is 13.7. The number of rotatable bonds is 7. The largest absolute Gasteiger partial charge is 0.469 e. The van der Waals surface area contributed by atoms with Gasteiger partial charge in [-0.3, -0.25) is 4.79 Å². The molecule has 1 aromatic carbocycles. The molecule has 0 N–H and O–H groups in total. The summed E-state index contributed by atoms with van der Waals surface area (Å²) in [6.45, 7) is 2.93. The molecule has 0 bridgehead atoms. The third kappa shape index (κ3) is 4.08. The molecule has 2 rings (SSSR count). The second-order valence-corrected chi connectivity index (χ2v) is 6.16. The fraction of sp³-hybridized carbons (Fsp3) is 0.474. The Morgan fingerprint density at radius 2 is 2.09 bits per heavy atom. The molecule has 0 aromatic heterocycles. The molecule has 0 spiro atoms. The summed E-state index contributed by atoms with van der Waals surface area (Å²) in [6.07, 6.45) is 6.14. The van der Waals surface area contributed by atoms with Gasteiger partial charge in [0.05, 0.1) is 19.6 Å². The molecule has 4 nitrogen and oxygen atoms in total. The van der Waals surface area contributed by atoms with Crippen LogP contribution in [0.25, 0.3) is 0 Å². The number of carbonyl (C=O) groups excluding carboxylic acids is 2. The molecule has 1 aromatic rings. The summed E-state index contributed by atoms with van der Waals surface area (Å²) in [5.41, 5.74) is 0.384. The lowest BCUT2D eigenvalue weighted by molar-refractivity contribution is -0.154. The van der Waals surface area contributed by atoms with Gasteiger partial charge in [0, 0.05) is 12.0 Å². The molecule has 1 aliphatic rings. The predicted molar refractivity (Wildman–Crippen MR) is 87.6 cm³/mol. The Bertz CT molecular complexity index is 552. The summed E-state index contributed by atoms with van der Waals surface area (Å²) in [4.78, 5) is 23.7.